The summed E-state index contributed by atoms with van der Waals surface area (Å²) >= 11 is 7.11. The number of anilines is 1. The number of piperazine rings is 1. The Hall–Kier alpha value is -1.87. The lowest BCUT2D eigenvalue weighted by atomic mass is 10.2. The molecule has 6 nitrogen and oxygen atoms in total. The minimum Gasteiger partial charge on any atom is -0.369 e. The van der Waals surface area contributed by atoms with E-state index < -0.39 is 10.0 Å². The predicted molar refractivity (Wildman–Crippen MR) is 109 cm³/mol. The van der Waals surface area contributed by atoms with Crippen molar-refractivity contribution in [2.24, 2.45) is 7.05 Å². The molecule has 0 atom stereocenters. The second kappa shape index (κ2) is 6.94. The van der Waals surface area contributed by atoms with Crippen LogP contribution in [-0.4, -0.2) is 43.5 Å². The van der Waals surface area contributed by atoms with Gasteiger partial charge in [0.05, 0.1) is 15.1 Å². The normalized spacial score (nSPS) is 16.1. The van der Waals surface area contributed by atoms with Crippen LogP contribution in [0.15, 0.2) is 52.2 Å². The van der Waals surface area contributed by atoms with E-state index in [1.807, 2.05) is 24.3 Å². The van der Waals surface area contributed by atoms with Gasteiger partial charge in [0.15, 0.2) is 0 Å². The molecule has 9 heteroatoms. The summed E-state index contributed by atoms with van der Waals surface area (Å²) in [5.41, 5.74) is 1.74. The zero-order valence-corrected chi connectivity index (χ0v) is 17.0. The molecule has 0 amide bonds. The summed E-state index contributed by atoms with van der Waals surface area (Å²) in [6.07, 6.45) is 0. The molecule has 0 bridgehead atoms. The van der Waals surface area contributed by atoms with E-state index in [-0.39, 0.29) is 9.77 Å². The van der Waals surface area contributed by atoms with Gasteiger partial charge in [-0.25, -0.2) is 8.42 Å². The Morgan fingerprint density at radius 3 is 2.48 bits per heavy atom. The number of benzene rings is 2. The molecule has 1 aliphatic rings. The maximum Gasteiger partial charge on any atom is 0.307 e. The van der Waals surface area contributed by atoms with Gasteiger partial charge in [0.2, 0.25) is 10.0 Å². The second-order valence-corrected chi connectivity index (χ2v) is 9.80. The first kappa shape index (κ1) is 18.5. The third kappa shape index (κ3) is 3.38. The molecule has 0 N–H and O–H groups in total. The van der Waals surface area contributed by atoms with Crippen LogP contribution in [0.4, 0.5) is 5.69 Å². The molecule has 27 heavy (non-hydrogen) atoms. The van der Waals surface area contributed by atoms with Gasteiger partial charge in [-0.1, -0.05) is 29.0 Å². The minimum atomic E-state index is -3.59. The van der Waals surface area contributed by atoms with Crippen LogP contribution in [0.5, 0.6) is 0 Å². The minimum absolute atomic E-state index is 0.102. The molecule has 3 aromatic rings. The summed E-state index contributed by atoms with van der Waals surface area (Å²) in [5, 5.41) is 0.665. The highest BCUT2D eigenvalue weighted by molar-refractivity contribution is 7.89. The third-order valence-corrected chi connectivity index (χ3v) is 7.94. The number of hydrogen-bond acceptors (Lipinski definition) is 5. The lowest BCUT2D eigenvalue weighted by molar-refractivity contribution is 0.385. The van der Waals surface area contributed by atoms with Gasteiger partial charge in [-0.3, -0.25) is 4.79 Å². The van der Waals surface area contributed by atoms with E-state index in [2.05, 4.69) is 4.90 Å². The molecular formula is C18H18ClN3O3S2. The van der Waals surface area contributed by atoms with E-state index in [0.29, 0.717) is 35.9 Å². The molecule has 142 valence electrons. The quantitative estimate of drug-likeness (QED) is 0.649. The van der Waals surface area contributed by atoms with Gasteiger partial charge in [0.1, 0.15) is 0 Å². The summed E-state index contributed by atoms with van der Waals surface area (Å²) in [5.74, 6) is 0. The lowest BCUT2D eigenvalue weighted by Crippen LogP contribution is -2.48. The first-order valence-electron chi connectivity index (χ1n) is 8.46. The number of nitrogens with zero attached hydrogens (tertiary/aromatic N) is 3. The van der Waals surface area contributed by atoms with Crippen LogP contribution in [0.2, 0.25) is 5.02 Å². The van der Waals surface area contributed by atoms with E-state index in [1.54, 1.807) is 25.2 Å². The van der Waals surface area contributed by atoms with Gasteiger partial charge in [-0.05, 0) is 36.4 Å². The molecule has 0 radical (unpaired) electrons. The standard InChI is InChI=1S/C18H18ClN3O3S2/c1-20-16-6-5-15(12-17(16)26-18(20)23)27(24,25)22-9-7-21(8-10-22)14-4-2-3-13(19)11-14/h2-6,11-12H,7-10H2,1H3. The molecule has 2 aromatic carbocycles. The van der Waals surface area contributed by atoms with Crippen LogP contribution in [0.1, 0.15) is 0 Å². The fourth-order valence-corrected chi connectivity index (χ4v) is 5.91. The number of halogens is 1. The van der Waals surface area contributed by atoms with E-state index >= 15 is 0 Å². The van der Waals surface area contributed by atoms with Crippen molar-refractivity contribution in [1.82, 2.24) is 8.87 Å². The monoisotopic (exact) mass is 423 g/mol. The Bertz CT molecular complexity index is 1160. The van der Waals surface area contributed by atoms with E-state index in [1.165, 1.54) is 8.87 Å². The molecule has 1 aliphatic heterocycles. The molecule has 0 saturated carbocycles. The second-order valence-electron chi connectivity index (χ2n) is 6.43. The summed E-state index contributed by atoms with van der Waals surface area (Å²) in [7, 11) is -1.91. The topological polar surface area (TPSA) is 62.6 Å². The van der Waals surface area contributed by atoms with Crippen LogP contribution in [0.25, 0.3) is 10.2 Å². The van der Waals surface area contributed by atoms with Crippen molar-refractivity contribution < 1.29 is 8.42 Å². The summed E-state index contributed by atoms with van der Waals surface area (Å²) < 4.78 is 29.8. The molecule has 1 fully saturated rings. The zero-order valence-electron chi connectivity index (χ0n) is 14.6. The lowest BCUT2D eigenvalue weighted by Gasteiger charge is -2.35. The van der Waals surface area contributed by atoms with Crippen molar-refractivity contribution in [3.05, 3.63) is 57.2 Å². The van der Waals surface area contributed by atoms with Gasteiger partial charge in [0, 0.05) is 43.9 Å². The number of aryl methyl sites for hydroxylation is 1. The average Bonchev–Trinajstić information content (AvgIpc) is 2.95. The number of hydrogen-bond donors (Lipinski definition) is 0. The van der Waals surface area contributed by atoms with Crippen molar-refractivity contribution in [2.75, 3.05) is 31.1 Å². The number of sulfonamides is 1. The van der Waals surface area contributed by atoms with Crippen LogP contribution in [0, 0.1) is 0 Å². The van der Waals surface area contributed by atoms with E-state index in [0.717, 1.165) is 22.5 Å². The fraction of sp³-hybridized carbons (Fsp3) is 0.278. The zero-order chi connectivity index (χ0) is 19.2. The van der Waals surface area contributed by atoms with Gasteiger partial charge >= 0.3 is 4.87 Å². The number of aromatic nitrogens is 1. The Kier molecular flexibility index (Phi) is 4.75. The SMILES string of the molecule is Cn1c(=O)sc2cc(S(=O)(=O)N3CCN(c4cccc(Cl)c4)CC3)ccc21. The molecule has 0 aliphatic carbocycles. The van der Waals surface area contributed by atoms with Gasteiger partial charge in [-0.15, -0.1) is 0 Å². The average molecular weight is 424 g/mol. The highest BCUT2D eigenvalue weighted by Gasteiger charge is 2.29. The van der Waals surface area contributed by atoms with E-state index in [9.17, 15) is 13.2 Å². The Balaban J connectivity index is 1.56. The Labute approximate surface area is 166 Å². The van der Waals surface area contributed by atoms with Crippen molar-refractivity contribution in [1.29, 1.82) is 0 Å². The predicted octanol–water partition coefficient (Wildman–Crippen LogP) is 2.76. The van der Waals surface area contributed by atoms with Crippen molar-refractivity contribution in [3.63, 3.8) is 0 Å². The first-order valence-corrected chi connectivity index (χ1v) is 11.1. The molecule has 1 aromatic heterocycles. The first-order chi connectivity index (χ1) is 12.9. The molecular weight excluding hydrogens is 406 g/mol. The van der Waals surface area contributed by atoms with Crippen molar-refractivity contribution >= 4 is 48.9 Å². The van der Waals surface area contributed by atoms with Gasteiger partial charge in [0.25, 0.3) is 0 Å². The summed E-state index contributed by atoms with van der Waals surface area (Å²) in [4.78, 5) is 14.1. The van der Waals surface area contributed by atoms with Gasteiger partial charge < -0.3 is 9.47 Å². The largest absolute Gasteiger partial charge is 0.369 e. The maximum absolute atomic E-state index is 13.0. The van der Waals surface area contributed by atoms with Crippen LogP contribution in [-0.2, 0) is 17.1 Å². The smallest absolute Gasteiger partial charge is 0.307 e. The number of rotatable bonds is 3. The fourth-order valence-electron chi connectivity index (χ4n) is 3.28. The molecule has 4 rings (SSSR count). The van der Waals surface area contributed by atoms with E-state index in [4.69, 9.17) is 11.6 Å². The number of fused-ring (bicyclic) bond motifs is 1. The van der Waals surface area contributed by atoms with Crippen molar-refractivity contribution in [2.45, 2.75) is 4.90 Å². The third-order valence-electron chi connectivity index (χ3n) is 4.81. The maximum atomic E-state index is 13.0. The highest BCUT2D eigenvalue weighted by Crippen LogP contribution is 2.26. The van der Waals surface area contributed by atoms with Gasteiger partial charge in [-0.2, -0.15) is 4.31 Å². The molecule has 0 unspecified atom stereocenters. The Morgan fingerprint density at radius 2 is 1.78 bits per heavy atom. The van der Waals surface area contributed by atoms with Crippen LogP contribution in [0.3, 0.4) is 0 Å². The molecule has 1 saturated heterocycles. The summed E-state index contributed by atoms with van der Waals surface area (Å²) in [6.45, 7) is 2.00. The molecule has 2 heterocycles. The Morgan fingerprint density at radius 1 is 1.04 bits per heavy atom. The number of thiazole rings is 1. The summed E-state index contributed by atoms with van der Waals surface area (Å²) in [6, 6.07) is 12.4. The molecule has 0 spiro atoms. The van der Waals surface area contributed by atoms with Crippen LogP contribution < -0.4 is 9.77 Å². The van der Waals surface area contributed by atoms with Crippen LogP contribution >= 0.6 is 22.9 Å². The highest BCUT2D eigenvalue weighted by atomic mass is 35.5. The van der Waals surface area contributed by atoms with Crippen molar-refractivity contribution in [3.8, 4) is 0 Å².